The van der Waals surface area contributed by atoms with Gasteiger partial charge >= 0.3 is 0 Å². The molecule has 0 saturated carbocycles. The van der Waals surface area contributed by atoms with Crippen LogP contribution in [0.25, 0.3) is 0 Å². The lowest BCUT2D eigenvalue weighted by molar-refractivity contribution is 0.531. The fourth-order valence-corrected chi connectivity index (χ4v) is 2.33. The Hall–Kier alpha value is -1.35. The molecule has 19 heavy (non-hydrogen) atoms. The van der Waals surface area contributed by atoms with Crippen LogP contribution in [0.4, 0.5) is 5.69 Å². The van der Waals surface area contributed by atoms with Gasteiger partial charge in [-0.2, -0.15) is 0 Å². The summed E-state index contributed by atoms with van der Waals surface area (Å²) in [4.78, 5) is 4.26. The van der Waals surface area contributed by atoms with Crippen LogP contribution in [0.5, 0.6) is 0 Å². The quantitative estimate of drug-likeness (QED) is 0.781. The molecule has 0 aliphatic heterocycles. The van der Waals surface area contributed by atoms with E-state index in [2.05, 4.69) is 70.4 Å². The topological polar surface area (TPSA) is 24.9 Å². The third-order valence-corrected chi connectivity index (χ3v) is 3.45. The Kier molecular flexibility index (Phi) is 4.97. The number of nitrogens with one attached hydrogen (secondary N) is 1. The van der Waals surface area contributed by atoms with Gasteiger partial charge in [0.05, 0.1) is 17.9 Å². The zero-order valence-electron chi connectivity index (χ0n) is 11.3. The number of nitrogens with zero attached hydrogens (tertiary/aromatic N) is 1. The van der Waals surface area contributed by atoms with E-state index in [0.29, 0.717) is 12.0 Å². The average Bonchev–Trinajstić information content (AvgIpc) is 2.41. The fourth-order valence-electron chi connectivity index (χ4n) is 2.10. The average molecular weight is 319 g/mol. The van der Waals surface area contributed by atoms with Crippen molar-refractivity contribution >= 4 is 21.6 Å². The van der Waals surface area contributed by atoms with Crippen molar-refractivity contribution in [3.8, 4) is 0 Å². The summed E-state index contributed by atoms with van der Waals surface area (Å²) in [5.41, 5.74) is 2.37. The lowest BCUT2D eigenvalue weighted by Gasteiger charge is -2.22. The van der Waals surface area contributed by atoms with Gasteiger partial charge in [-0.05, 0) is 46.0 Å². The van der Waals surface area contributed by atoms with Gasteiger partial charge in [-0.1, -0.05) is 44.2 Å². The van der Waals surface area contributed by atoms with E-state index in [4.69, 9.17) is 0 Å². The van der Waals surface area contributed by atoms with Gasteiger partial charge in [0, 0.05) is 0 Å². The third kappa shape index (κ3) is 4.35. The summed E-state index contributed by atoms with van der Waals surface area (Å²) in [6, 6.07) is 14.9. The number of anilines is 1. The molecule has 0 fully saturated rings. The number of rotatable bonds is 5. The van der Waals surface area contributed by atoms with Crippen LogP contribution in [-0.4, -0.2) is 4.98 Å². The van der Waals surface area contributed by atoms with Gasteiger partial charge in [0.15, 0.2) is 0 Å². The molecule has 2 rings (SSSR count). The number of hydrogen-bond acceptors (Lipinski definition) is 2. The summed E-state index contributed by atoms with van der Waals surface area (Å²) in [6.07, 6.45) is 2.96. The maximum atomic E-state index is 4.26. The Balaban J connectivity index is 2.16. The molecular weight excluding hydrogens is 300 g/mol. The van der Waals surface area contributed by atoms with E-state index >= 15 is 0 Å². The van der Waals surface area contributed by atoms with Crippen molar-refractivity contribution < 1.29 is 0 Å². The molecule has 0 spiro atoms. The Morgan fingerprint density at radius 1 is 1.11 bits per heavy atom. The van der Waals surface area contributed by atoms with Crippen LogP contribution >= 0.6 is 15.9 Å². The van der Waals surface area contributed by atoms with Gasteiger partial charge in [-0.25, -0.2) is 4.98 Å². The maximum absolute atomic E-state index is 4.26. The second kappa shape index (κ2) is 6.71. The zero-order chi connectivity index (χ0) is 13.7. The van der Waals surface area contributed by atoms with Crippen LogP contribution in [-0.2, 0) is 0 Å². The minimum atomic E-state index is 0.323. The number of hydrogen-bond donors (Lipinski definition) is 1. The van der Waals surface area contributed by atoms with E-state index in [1.54, 1.807) is 0 Å². The summed E-state index contributed by atoms with van der Waals surface area (Å²) in [7, 11) is 0. The van der Waals surface area contributed by atoms with Gasteiger partial charge in [0.2, 0.25) is 0 Å². The lowest BCUT2D eigenvalue weighted by Crippen LogP contribution is -2.13. The Labute approximate surface area is 123 Å². The molecule has 0 aliphatic carbocycles. The first-order chi connectivity index (χ1) is 9.15. The molecule has 2 nitrogen and oxygen atoms in total. The molecule has 100 valence electrons. The lowest BCUT2D eigenvalue weighted by atomic mass is 9.97. The summed E-state index contributed by atoms with van der Waals surface area (Å²) in [5.74, 6) is 0.640. The Bertz CT molecular complexity index is 494. The van der Waals surface area contributed by atoms with Crippen LogP contribution in [0.15, 0.2) is 53.3 Å². The van der Waals surface area contributed by atoms with Crippen LogP contribution in [0.2, 0.25) is 0 Å². The van der Waals surface area contributed by atoms with Crippen LogP contribution in [0.1, 0.15) is 31.9 Å². The smallest absolute Gasteiger partial charge is 0.106 e. The van der Waals surface area contributed by atoms with E-state index in [-0.39, 0.29) is 0 Å². The van der Waals surface area contributed by atoms with Crippen molar-refractivity contribution in [3.63, 3.8) is 0 Å². The molecular formula is C16H19BrN2. The molecule has 1 heterocycles. The van der Waals surface area contributed by atoms with Crippen molar-refractivity contribution in [2.75, 3.05) is 5.32 Å². The van der Waals surface area contributed by atoms with Crippen molar-refractivity contribution in [1.82, 2.24) is 4.98 Å². The molecule has 3 heteroatoms. The molecule has 1 N–H and O–H groups in total. The summed E-state index contributed by atoms with van der Waals surface area (Å²) in [6.45, 7) is 4.49. The van der Waals surface area contributed by atoms with Crippen LogP contribution in [0, 0.1) is 5.92 Å². The van der Waals surface area contributed by atoms with Crippen molar-refractivity contribution in [1.29, 1.82) is 0 Å². The standard InChI is InChI=1S/C16H19BrN2/c1-12(2)10-15(13-6-4-3-5-7-13)19-14-8-9-16(17)18-11-14/h3-9,11-12,15,19H,10H2,1-2H3. The first kappa shape index (κ1) is 14.1. The van der Waals surface area contributed by atoms with Crippen molar-refractivity contribution in [3.05, 3.63) is 58.8 Å². The molecule has 2 aromatic rings. The van der Waals surface area contributed by atoms with E-state index in [1.807, 2.05) is 18.3 Å². The minimum Gasteiger partial charge on any atom is -0.377 e. The van der Waals surface area contributed by atoms with Gasteiger partial charge in [0.1, 0.15) is 4.60 Å². The highest BCUT2D eigenvalue weighted by Gasteiger charge is 2.13. The van der Waals surface area contributed by atoms with Crippen LogP contribution in [0.3, 0.4) is 0 Å². The number of aromatic nitrogens is 1. The summed E-state index contributed by atoms with van der Waals surface area (Å²) >= 11 is 3.36. The van der Waals surface area contributed by atoms with Crippen molar-refractivity contribution in [2.24, 2.45) is 5.92 Å². The molecule has 1 aromatic carbocycles. The predicted molar refractivity (Wildman–Crippen MR) is 84.2 cm³/mol. The fraction of sp³-hybridized carbons (Fsp3) is 0.312. The molecule has 1 aromatic heterocycles. The van der Waals surface area contributed by atoms with Gasteiger partial charge in [-0.3, -0.25) is 0 Å². The molecule has 0 bridgehead atoms. The molecule has 0 aliphatic rings. The van der Waals surface area contributed by atoms with Gasteiger partial charge in [-0.15, -0.1) is 0 Å². The summed E-state index contributed by atoms with van der Waals surface area (Å²) < 4.78 is 0.859. The minimum absolute atomic E-state index is 0.323. The predicted octanol–water partition coefficient (Wildman–Crippen LogP) is 5.04. The third-order valence-electron chi connectivity index (χ3n) is 2.98. The molecule has 1 atom stereocenters. The monoisotopic (exact) mass is 318 g/mol. The maximum Gasteiger partial charge on any atom is 0.106 e. The highest BCUT2D eigenvalue weighted by atomic mass is 79.9. The van der Waals surface area contributed by atoms with Crippen LogP contribution < -0.4 is 5.32 Å². The molecule has 1 unspecified atom stereocenters. The first-order valence-electron chi connectivity index (χ1n) is 6.58. The number of benzene rings is 1. The SMILES string of the molecule is CC(C)CC(Nc1ccc(Br)nc1)c1ccccc1. The molecule has 0 radical (unpaired) electrons. The molecule has 0 amide bonds. The highest BCUT2D eigenvalue weighted by molar-refractivity contribution is 9.10. The Morgan fingerprint density at radius 3 is 2.42 bits per heavy atom. The number of pyridine rings is 1. The second-order valence-corrected chi connectivity index (χ2v) is 5.92. The number of halogens is 1. The Morgan fingerprint density at radius 2 is 1.84 bits per heavy atom. The van der Waals surface area contributed by atoms with E-state index in [1.165, 1.54) is 5.56 Å². The molecule has 0 saturated heterocycles. The van der Waals surface area contributed by atoms with Gasteiger partial charge in [0.25, 0.3) is 0 Å². The summed E-state index contributed by atoms with van der Waals surface area (Å²) in [5, 5.41) is 3.57. The van der Waals surface area contributed by atoms with Crippen molar-refractivity contribution in [2.45, 2.75) is 26.3 Å². The van der Waals surface area contributed by atoms with E-state index in [9.17, 15) is 0 Å². The first-order valence-corrected chi connectivity index (χ1v) is 7.37. The largest absolute Gasteiger partial charge is 0.377 e. The second-order valence-electron chi connectivity index (χ2n) is 5.11. The van der Waals surface area contributed by atoms with E-state index in [0.717, 1.165) is 16.7 Å². The zero-order valence-corrected chi connectivity index (χ0v) is 12.9. The van der Waals surface area contributed by atoms with Gasteiger partial charge < -0.3 is 5.32 Å². The highest BCUT2D eigenvalue weighted by Crippen LogP contribution is 2.25. The van der Waals surface area contributed by atoms with E-state index < -0.39 is 0 Å². The normalized spacial score (nSPS) is 12.4.